The van der Waals surface area contributed by atoms with E-state index in [0.29, 0.717) is 18.6 Å². The number of aliphatic carboxylic acids is 1. The molecule has 0 fully saturated rings. The highest BCUT2D eigenvalue weighted by Gasteiger charge is 2.10. The van der Waals surface area contributed by atoms with Crippen molar-refractivity contribution in [3.63, 3.8) is 0 Å². The van der Waals surface area contributed by atoms with E-state index in [2.05, 4.69) is 0 Å². The van der Waals surface area contributed by atoms with Crippen LogP contribution in [0.25, 0.3) is 6.08 Å². The van der Waals surface area contributed by atoms with Gasteiger partial charge in [-0.15, -0.1) is 0 Å². The number of aromatic hydroxyl groups is 1. The van der Waals surface area contributed by atoms with Gasteiger partial charge in [0.25, 0.3) is 0 Å². The number of phenolic OH excluding ortho intramolecular Hbond substituents is 1. The van der Waals surface area contributed by atoms with Crippen LogP contribution in [0.2, 0.25) is 0 Å². The molecule has 0 aliphatic heterocycles. The molecule has 0 aromatic heterocycles. The molecule has 7 heteroatoms. The van der Waals surface area contributed by atoms with Gasteiger partial charge in [-0.05, 0) is 36.6 Å². The number of unbranched alkanes of at least 4 members (excludes halogenated alkanes) is 12. The predicted octanol–water partition coefficient (Wildman–Crippen LogP) is 6.51. The van der Waals surface area contributed by atoms with Crippen LogP contribution in [0.15, 0.2) is 18.2 Å². The highest BCUT2D eigenvalue weighted by Crippen LogP contribution is 2.37. The van der Waals surface area contributed by atoms with Crippen LogP contribution in [0.1, 0.15) is 95.5 Å². The highest BCUT2D eigenvalue weighted by molar-refractivity contribution is 5.87. The number of carbonyl (C=O) groups is 2. The zero-order chi connectivity index (χ0) is 25.0. The van der Waals surface area contributed by atoms with E-state index in [9.17, 15) is 14.7 Å². The van der Waals surface area contributed by atoms with Crippen molar-refractivity contribution in [1.29, 1.82) is 0 Å². The molecule has 0 saturated carbocycles. The first-order valence-corrected chi connectivity index (χ1v) is 12.5. The lowest BCUT2D eigenvalue weighted by Crippen LogP contribution is -2.02. The molecule has 1 aromatic rings. The lowest BCUT2D eigenvalue weighted by Gasteiger charge is -2.09. The minimum atomic E-state index is -0.691. The van der Waals surface area contributed by atoms with Gasteiger partial charge in [-0.25, -0.2) is 4.79 Å². The summed E-state index contributed by atoms with van der Waals surface area (Å²) >= 11 is 0. The largest absolute Gasteiger partial charge is 0.502 e. The minimum absolute atomic E-state index is 0.0774. The van der Waals surface area contributed by atoms with Gasteiger partial charge >= 0.3 is 11.9 Å². The normalized spacial score (nSPS) is 11.0. The van der Waals surface area contributed by atoms with E-state index in [1.807, 2.05) is 0 Å². The number of methoxy groups -OCH3 is 2. The van der Waals surface area contributed by atoms with Crippen molar-refractivity contribution in [3.05, 3.63) is 23.8 Å². The minimum Gasteiger partial charge on any atom is -0.502 e. The first kappa shape index (κ1) is 29.3. The summed E-state index contributed by atoms with van der Waals surface area (Å²) in [6.45, 7) is 0.415. The zero-order valence-corrected chi connectivity index (χ0v) is 20.9. The summed E-state index contributed by atoms with van der Waals surface area (Å²) < 4.78 is 15.5. The van der Waals surface area contributed by atoms with Gasteiger partial charge in [-0.3, -0.25) is 4.79 Å². The number of carbonyl (C=O) groups excluding carboxylic acids is 1. The number of carboxylic acid groups (broad SMARTS) is 1. The molecular weight excluding hydrogens is 436 g/mol. The van der Waals surface area contributed by atoms with Crippen LogP contribution in [0, 0.1) is 0 Å². The molecule has 7 nitrogen and oxygen atoms in total. The van der Waals surface area contributed by atoms with Gasteiger partial charge in [-0.1, -0.05) is 70.6 Å². The van der Waals surface area contributed by atoms with Crippen LogP contribution in [0.4, 0.5) is 0 Å². The Morgan fingerprint density at radius 3 is 1.65 bits per heavy atom. The van der Waals surface area contributed by atoms with Crippen LogP contribution >= 0.6 is 0 Å². The standard InChI is InChI=1S/C27H42O7/c1-32-23-20-22(21-24(33-2)27(23)31)17-18-26(30)34-19-15-13-11-9-7-5-3-4-6-8-10-12-14-16-25(28)29/h17-18,20-21,31H,3-16,19H2,1-2H3,(H,28,29)/b18-17+. The Kier molecular flexibility index (Phi) is 16.1. The molecule has 192 valence electrons. The average molecular weight is 479 g/mol. The third kappa shape index (κ3) is 13.8. The Labute approximate surface area is 204 Å². The number of benzene rings is 1. The number of rotatable bonds is 20. The number of esters is 1. The third-order valence-corrected chi connectivity index (χ3v) is 5.69. The van der Waals surface area contributed by atoms with E-state index in [1.54, 1.807) is 18.2 Å². The van der Waals surface area contributed by atoms with Crippen molar-refractivity contribution in [2.75, 3.05) is 20.8 Å². The zero-order valence-electron chi connectivity index (χ0n) is 20.9. The van der Waals surface area contributed by atoms with Crippen molar-refractivity contribution in [2.24, 2.45) is 0 Å². The van der Waals surface area contributed by atoms with Gasteiger partial charge in [0, 0.05) is 12.5 Å². The Hall–Kier alpha value is -2.70. The summed E-state index contributed by atoms with van der Waals surface area (Å²) in [6, 6.07) is 3.24. The van der Waals surface area contributed by atoms with E-state index in [4.69, 9.17) is 19.3 Å². The molecule has 0 amide bonds. The summed E-state index contributed by atoms with van der Waals surface area (Å²) in [5, 5.41) is 18.5. The molecule has 1 aromatic carbocycles. The Morgan fingerprint density at radius 2 is 1.21 bits per heavy atom. The van der Waals surface area contributed by atoms with E-state index < -0.39 is 11.9 Å². The third-order valence-electron chi connectivity index (χ3n) is 5.69. The van der Waals surface area contributed by atoms with Gasteiger partial charge in [0.2, 0.25) is 5.75 Å². The van der Waals surface area contributed by atoms with E-state index in [1.165, 1.54) is 65.2 Å². The maximum atomic E-state index is 11.9. The number of ether oxygens (including phenoxy) is 3. The monoisotopic (exact) mass is 478 g/mol. The summed E-state index contributed by atoms with van der Waals surface area (Å²) in [5.41, 5.74) is 0.666. The Morgan fingerprint density at radius 1 is 0.765 bits per heavy atom. The molecule has 34 heavy (non-hydrogen) atoms. The van der Waals surface area contributed by atoms with Gasteiger partial charge in [-0.2, -0.15) is 0 Å². The lowest BCUT2D eigenvalue weighted by molar-refractivity contribution is -0.138. The van der Waals surface area contributed by atoms with E-state index >= 15 is 0 Å². The van der Waals surface area contributed by atoms with Crippen molar-refractivity contribution < 1.29 is 34.0 Å². The van der Waals surface area contributed by atoms with Gasteiger partial charge < -0.3 is 24.4 Å². The molecule has 0 spiro atoms. The van der Waals surface area contributed by atoms with Gasteiger partial charge in [0.1, 0.15) is 0 Å². The summed E-state index contributed by atoms with van der Waals surface area (Å²) in [4.78, 5) is 22.3. The fourth-order valence-electron chi connectivity index (χ4n) is 3.72. The molecule has 0 aliphatic rings. The molecule has 0 atom stereocenters. The number of phenols is 1. The first-order valence-electron chi connectivity index (χ1n) is 12.5. The summed E-state index contributed by atoms with van der Waals surface area (Å²) in [7, 11) is 2.90. The molecule has 0 heterocycles. The van der Waals surface area contributed by atoms with E-state index in [0.717, 1.165) is 38.5 Å². The van der Waals surface area contributed by atoms with Crippen LogP contribution < -0.4 is 9.47 Å². The van der Waals surface area contributed by atoms with Crippen molar-refractivity contribution in [3.8, 4) is 17.2 Å². The maximum absolute atomic E-state index is 11.9. The summed E-state index contributed by atoms with van der Waals surface area (Å²) in [6.07, 6.45) is 18.1. The quantitative estimate of drug-likeness (QED) is 0.125. The van der Waals surface area contributed by atoms with Crippen LogP contribution in [-0.4, -0.2) is 43.0 Å². The molecule has 0 saturated heterocycles. The fourth-order valence-corrected chi connectivity index (χ4v) is 3.72. The topological polar surface area (TPSA) is 102 Å². The lowest BCUT2D eigenvalue weighted by atomic mass is 10.0. The molecule has 2 N–H and O–H groups in total. The molecule has 0 unspecified atom stereocenters. The Balaban J connectivity index is 2.00. The van der Waals surface area contributed by atoms with Crippen LogP contribution in [0.3, 0.4) is 0 Å². The highest BCUT2D eigenvalue weighted by atomic mass is 16.5. The van der Waals surface area contributed by atoms with Crippen molar-refractivity contribution in [1.82, 2.24) is 0 Å². The molecule has 0 bridgehead atoms. The molecule has 0 aliphatic carbocycles. The number of carboxylic acids is 1. The second-order valence-corrected chi connectivity index (χ2v) is 8.51. The predicted molar refractivity (Wildman–Crippen MR) is 133 cm³/mol. The van der Waals surface area contributed by atoms with Gasteiger partial charge in [0.05, 0.1) is 20.8 Å². The second kappa shape index (κ2) is 18.7. The van der Waals surface area contributed by atoms with Gasteiger partial charge in [0.15, 0.2) is 11.5 Å². The Bertz CT molecular complexity index is 717. The fraction of sp³-hybridized carbons (Fsp3) is 0.630. The molecule has 1 rings (SSSR count). The van der Waals surface area contributed by atoms with Crippen LogP contribution in [0.5, 0.6) is 17.2 Å². The maximum Gasteiger partial charge on any atom is 0.330 e. The summed E-state index contributed by atoms with van der Waals surface area (Å²) in [5.74, 6) is -0.613. The number of hydrogen-bond donors (Lipinski definition) is 2. The second-order valence-electron chi connectivity index (χ2n) is 8.51. The molecule has 0 radical (unpaired) electrons. The average Bonchev–Trinajstić information content (AvgIpc) is 2.82. The SMILES string of the molecule is COc1cc(/C=C/C(=O)OCCCCCCCCCCCCCCCC(=O)O)cc(OC)c1O. The van der Waals surface area contributed by atoms with Crippen molar-refractivity contribution in [2.45, 2.75) is 89.9 Å². The van der Waals surface area contributed by atoms with Crippen molar-refractivity contribution >= 4 is 18.0 Å². The van der Waals surface area contributed by atoms with Crippen LogP contribution in [-0.2, 0) is 14.3 Å². The van der Waals surface area contributed by atoms with E-state index in [-0.39, 0.29) is 17.2 Å². The molecular formula is C27H42O7. The first-order chi connectivity index (χ1) is 16.5. The number of hydrogen-bond acceptors (Lipinski definition) is 6. The smallest absolute Gasteiger partial charge is 0.330 e.